The molecule has 1 aliphatic heterocycles. The van der Waals surface area contributed by atoms with E-state index in [2.05, 4.69) is 57.1 Å². The predicted octanol–water partition coefficient (Wildman–Crippen LogP) is 3.24. The fraction of sp³-hybridized carbons (Fsp3) is 0.370. The number of aromatic nitrogens is 4. The minimum Gasteiger partial charge on any atom is -0.390 e. The van der Waals surface area contributed by atoms with Gasteiger partial charge in [0.1, 0.15) is 12.2 Å². The highest BCUT2D eigenvalue weighted by Gasteiger charge is 2.21. The molecule has 4 aromatic rings. The largest absolute Gasteiger partial charge is 0.390 e. The number of hydrogen-bond donors (Lipinski definition) is 2. The fourth-order valence-corrected chi connectivity index (χ4v) is 4.80. The summed E-state index contributed by atoms with van der Waals surface area (Å²) in [4.78, 5) is 18.4. The Labute approximate surface area is 206 Å². The van der Waals surface area contributed by atoms with Crippen LogP contribution < -0.4 is 10.2 Å². The molecule has 0 aliphatic carbocycles. The predicted molar refractivity (Wildman–Crippen MR) is 141 cm³/mol. The lowest BCUT2D eigenvalue weighted by Crippen LogP contribution is -2.49. The second kappa shape index (κ2) is 10.0. The second-order valence-electron chi connectivity index (χ2n) is 9.30. The Morgan fingerprint density at radius 1 is 0.971 bits per heavy atom. The Bertz CT molecular complexity index is 1300. The molecule has 5 rings (SSSR count). The zero-order valence-corrected chi connectivity index (χ0v) is 20.6. The van der Waals surface area contributed by atoms with Gasteiger partial charge in [0.15, 0.2) is 17.0 Å². The number of imidazole rings is 1. The number of aliphatic hydroxyl groups excluding tert-OH is 1. The normalized spacial score (nSPS) is 15.5. The van der Waals surface area contributed by atoms with Crippen LogP contribution in [0.2, 0.25) is 0 Å². The summed E-state index contributed by atoms with van der Waals surface area (Å²) in [6, 6.07) is 16.6. The van der Waals surface area contributed by atoms with Gasteiger partial charge in [0.05, 0.1) is 6.10 Å². The highest BCUT2D eigenvalue weighted by atomic mass is 16.3. The van der Waals surface area contributed by atoms with Crippen molar-refractivity contribution in [2.75, 3.05) is 49.5 Å². The lowest BCUT2D eigenvalue weighted by Gasteiger charge is -2.37. The summed E-state index contributed by atoms with van der Waals surface area (Å²) < 4.78 is 1.98. The summed E-state index contributed by atoms with van der Waals surface area (Å²) in [6.45, 7) is 9.18. The van der Waals surface area contributed by atoms with Gasteiger partial charge in [-0.05, 0) is 31.0 Å². The average Bonchev–Trinajstić information content (AvgIpc) is 3.22. The Kier molecular flexibility index (Phi) is 6.66. The topological polar surface area (TPSA) is 82.3 Å². The summed E-state index contributed by atoms with van der Waals surface area (Å²) in [6.07, 6.45) is 1.03. The lowest BCUT2D eigenvalue weighted by atomic mass is 10.1. The number of nitrogens with zero attached hydrogens (tertiary/aromatic N) is 6. The molecule has 1 atom stereocenters. The van der Waals surface area contributed by atoms with Crippen molar-refractivity contribution in [2.24, 2.45) is 7.05 Å². The van der Waals surface area contributed by atoms with Crippen molar-refractivity contribution >= 4 is 22.7 Å². The van der Waals surface area contributed by atoms with Crippen LogP contribution in [-0.2, 0) is 7.05 Å². The molecule has 2 aromatic heterocycles. The molecule has 182 valence electrons. The maximum atomic E-state index is 10.7. The third kappa shape index (κ3) is 4.85. The SMILES string of the molecule is Cc1cccc(N2CCN(CC(O)CNc3ncnc4c3nc(-c3ccccc3)n4C)CC2)c1C. The van der Waals surface area contributed by atoms with Crippen molar-refractivity contribution in [1.82, 2.24) is 24.4 Å². The first-order valence-electron chi connectivity index (χ1n) is 12.2. The molecule has 2 aromatic carbocycles. The van der Waals surface area contributed by atoms with E-state index in [4.69, 9.17) is 4.98 Å². The van der Waals surface area contributed by atoms with Crippen molar-refractivity contribution in [1.29, 1.82) is 0 Å². The molecule has 35 heavy (non-hydrogen) atoms. The lowest BCUT2D eigenvalue weighted by molar-refractivity contribution is 0.118. The van der Waals surface area contributed by atoms with E-state index in [0.29, 0.717) is 24.4 Å². The first-order valence-corrected chi connectivity index (χ1v) is 12.2. The van der Waals surface area contributed by atoms with E-state index in [1.165, 1.54) is 16.8 Å². The molecule has 0 spiro atoms. The molecule has 8 nitrogen and oxygen atoms in total. The van der Waals surface area contributed by atoms with Crippen LogP contribution in [0.15, 0.2) is 54.9 Å². The number of rotatable bonds is 7. The number of β-amino-alcohol motifs (C(OH)–C–C–N with tert-alkyl or cyclic N) is 1. The van der Waals surface area contributed by atoms with Gasteiger partial charge >= 0.3 is 0 Å². The number of fused-ring (bicyclic) bond motifs is 1. The van der Waals surface area contributed by atoms with E-state index in [1.54, 1.807) is 6.33 Å². The molecule has 1 saturated heterocycles. The number of nitrogens with one attached hydrogen (secondary N) is 1. The van der Waals surface area contributed by atoms with E-state index < -0.39 is 6.10 Å². The van der Waals surface area contributed by atoms with Crippen LogP contribution in [-0.4, -0.2) is 74.9 Å². The van der Waals surface area contributed by atoms with Crippen LogP contribution in [0.5, 0.6) is 0 Å². The molecule has 3 heterocycles. The molecule has 1 fully saturated rings. The highest BCUT2D eigenvalue weighted by Crippen LogP contribution is 2.26. The Balaban J connectivity index is 1.19. The molecule has 1 aliphatic rings. The number of hydrogen-bond acceptors (Lipinski definition) is 7. The third-order valence-corrected chi connectivity index (χ3v) is 6.95. The number of aliphatic hydroxyl groups is 1. The van der Waals surface area contributed by atoms with E-state index in [-0.39, 0.29) is 0 Å². The van der Waals surface area contributed by atoms with Gasteiger partial charge in [0, 0.05) is 57.6 Å². The van der Waals surface area contributed by atoms with Gasteiger partial charge in [-0.1, -0.05) is 42.5 Å². The van der Waals surface area contributed by atoms with Gasteiger partial charge in [-0.2, -0.15) is 0 Å². The molecule has 0 saturated carbocycles. The van der Waals surface area contributed by atoms with Gasteiger partial charge in [-0.15, -0.1) is 0 Å². The molecule has 2 N–H and O–H groups in total. The molecule has 8 heteroatoms. The second-order valence-corrected chi connectivity index (χ2v) is 9.30. The maximum Gasteiger partial charge on any atom is 0.165 e. The fourth-order valence-electron chi connectivity index (χ4n) is 4.80. The van der Waals surface area contributed by atoms with Crippen molar-refractivity contribution in [2.45, 2.75) is 20.0 Å². The molecule has 1 unspecified atom stereocenters. The summed E-state index contributed by atoms with van der Waals surface area (Å²) in [5.41, 5.74) is 6.51. The molecule has 0 bridgehead atoms. The summed E-state index contributed by atoms with van der Waals surface area (Å²) >= 11 is 0. The first kappa shape index (κ1) is 23.3. The van der Waals surface area contributed by atoms with Crippen LogP contribution in [0.4, 0.5) is 11.5 Å². The number of anilines is 2. The Hall–Kier alpha value is -3.49. The summed E-state index contributed by atoms with van der Waals surface area (Å²) in [5, 5.41) is 14.1. The Morgan fingerprint density at radius 2 is 1.74 bits per heavy atom. The zero-order valence-electron chi connectivity index (χ0n) is 20.6. The third-order valence-electron chi connectivity index (χ3n) is 6.95. The molecular formula is C27H33N7O. The zero-order chi connectivity index (χ0) is 24.4. The van der Waals surface area contributed by atoms with E-state index >= 15 is 0 Å². The van der Waals surface area contributed by atoms with Crippen LogP contribution in [0.1, 0.15) is 11.1 Å². The standard InChI is InChI=1S/C27H33N7O/c1-19-8-7-11-23(20(19)2)34-14-12-33(13-15-34)17-22(35)16-28-25-24-27(30-18-29-25)32(3)26(31-24)21-9-5-4-6-10-21/h4-11,18,22,35H,12-17H2,1-3H3,(H,28,29,30). The molecule has 0 radical (unpaired) electrons. The van der Waals surface area contributed by atoms with Gasteiger partial charge in [0.2, 0.25) is 0 Å². The number of benzene rings is 2. The number of aryl methyl sites for hydroxylation is 2. The quantitative estimate of drug-likeness (QED) is 0.428. The van der Waals surface area contributed by atoms with Crippen LogP contribution in [0, 0.1) is 13.8 Å². The first-order chi connectivity index (χ1) is 17.0. The van der Waals surface area contributed by atoms with E-state index in [0.717, 1.165) is 43.2 Å². The van der Waals surface area contributed by atoms with Gasteiger partial charge < -0.3 is 19.9 Å². The van der Waals surface area contributed by atoms with Crippen molar-refractivity contribution in [3.63, 3.8) is 0 Å². The smallest absolute Gasteiger partial charge is 0.165 e. The highest BCUT2D eigenvalue weighted by molar-refractivity contribution is 5.86. The monoisotopic (exact) mass is 471 g/mol. The van der Waals surface area contributed by atoms with E-state index in [9.17, 15) is 5.11 Å². The van der Waals surface area contributed by atoms with Crippen LogP contribution >= 0.6 is 0 Å². The van der Waals surface area contributed by atoms with Crippen LogP contribution in [0.3, 0.4) is 0 Å². The maximum absolute atomic E-state index is 10.7. The van der Waals surface area contributed by atoms with Crippen molar-refractivity contribution < 1.29 is 5.11 Å². The van der Waals surface area contributed by atoms with Crippen molar-refractivity contribution in [3.05, 3.63) is 66.0 Å². The summed E-state index contributed by atoms with van der Waals surface area (Å²) in [5.74, 6) is 1.48. The van der Waals surface area contributed by atoms with Gasteiger partial charge in [-0.3, -0.25) is 4.90 Å². The Morgan fingerprint density at radius 3 is 2.51 bits per heavy atom. The van der Waals surface area contributed by atoms with Gasteiger partial charge in [0.25, 0.3) is 0 Å². The average molecular weight is 472 g/mol. The van der Waals surface area contributed by atoms with Gasteiger partial charge in [-0.25, -0.2) is 15.0 Å². The van der Waals surface area contributed by atoms with E-state index in [1.807, 2.05) is 41.9 Å². The molecule has 0 amide bonds. The molecular weight excluding hydrogens is 438 g/mol. The summed E-state index contributed by atoms with van der Waals surface area (Å²) in [7, 11) is 1.96. The van der Waals surface area contributed by atoms with Crippen LogP contribution in [0.25, 0.3) is 22.6 Å². The number of piperazine rings is 1. The minimum atomic E-state index is -0.510. The minimum absolute atomic E-state index is 0.403. The van der Waals surface area contributed by atoms with Crippen molar-refractivity contribution in [3.8, 4) is 11.4 Å².